The second-order valence-corrected chi connectivity index (χ2v) is 6.39. The molecule has 2 atom stereocenters. The quantitative estimate of drug-likeness (QED) is 0.901. The number of benzene rings is 1. The summed E-state index contributed by atoms with van der Waals surface area (Å²) in [5.74, 6) is 0.824. The topological polar surface area (TPSA) is 35.9 Å². The first-order chi connectivity index (χ1) is 9.51. The van der Waals surface area contributed by atoms with Crippen molar-refractivity contribution in [3.8, 4) is 5.75 Å². The van der Waals surface area contributed by atoms with E-state index in [2.05, 4.69) is 39.8 Å². The van der Waals surface area contributed by atoms with Gasteiger partial charge in [0, 0.05) is 36.6 Å². The highest BCUT2D eigenvalue weighted by Crippen LogP contribution is 2.25. The van der Waals surface area contributed by atoms with Gasteiger partial charge in [0.1, 0.15) is 5.75 Å². The lowest BCUT2D eigenvalue weighted by atomic mass is 9.99. The number of rotatable bonds is 4. The highest BCUT2D eigenvalue weighted by molar-refractivity contribution is 9.10. The first-order valence-electron chi connectivity index (χ1n) is 6.90. The van der Waals surface area contributed by atoms with Crippen LogP contribution in [0, 0.1) is 0 Å². The molecule has 1 aromatic carbocycles. The third kappa shape index (κ3) is 3.73. The van der Waals surface area contributed by atoms with Crippen LogP contribution in [0.5, 0.6) is 5.75 Å². The number of piperazine rings is 1. The number of ether oxygens (including phenoxy) is 1. The summed E-state index contributed by atoms with van der Waals surface area (Å²) in [5, 5.41) is 10.6. The van der Waals surface area contributed by atoms with E-state index in [0.717, 1.165) is 35.4 Å². The number of methoxy groups -OCH3 is 1. The molecule has 2 unspecified atom stereocenters. The lowest BCUT2D eigenvalue weighted by Crippen LogP contribution is -2.55. The van der Waals surface area contributed by atoms with E-state index in [0.29, 0.717) is 6.42 Å². The van der Waals surface area contributed by atoms with E-state index in [1.807, 2.05) is 18.2 Å². The maximum absolute atomic E-state index is 10.6. The third-order valence-corrected chi connectivity index (χ3v) is 4.80. The minimum absolute atomic E-state index is 0.173. The molecule has 0 aliphatic carbocycles. The number of aliphatic hydroxyl groups excluding tert-OH is 1. The van der Waals surface area contributed by atoms with Crippen molar-refractivity contribution >= 4 is 15.9 Å². The summed E-state index contributed by atoms with van der Waals surface area (Å²) in [7, 11) is 5.85. The monoisotopic (exact) mass is 342 g/mol. The Hall–Kier alpha value is -0.620. The lowest BCUT2D eigenvalue weighted by Gasteiger charge is -2.40. The fourth-order valence-corrected chi connectivity index (χ4v) is 3.06. The fourth-order valence-electron chi connectivity index (χ4n) is 2.66. The van der Waals surface area contributed by atoms with Gasteiger partial charge in [0.15, 0.2) is 0 Å². The molecule has 1 N–H and O–H groups in total. The molecule has 1 heterocycles. The zero-order valence-electron chi connectivity index (χ0n) is 12.3. The van der Waals surface area contributed by atoms with E-state index in [-0.39, 0.29) is 12.1 Å². The molecule has 0 bridgehead atoms. The summed E-state index contributed by atoms with van der Waals surface area (Å²) in [6, 6.07) is 6.05. The van der Waals surface area contributed by atoms with Gasteiger partial charge >= 0.3 is 0 Å². The number of halogens is 1. The standard InChI is InChI=1S/C15H23BrN2O2/c1-17-6-7-18(2)14(10-17)15(19)9-11-8-12(20-3)4-5-13(11)16/h4-5,8,14-15,19H,6-7,9-10H2,1-3H3. The predicted octanol–water partition coefficient (Wildman–Crippen LogP) is 1.61. The molecule has 0 spiro atoms. The van der Waals surface area contributed by atoms with Gasteiger partial charge in [-0.1, -0.05) is 15.9 Å². The molecular formula is C15H23BrN2O2. The molecule has 20 heavy (non-hydrogen) atoms. The van der Waals surface area contributed by atoms with Crippen LogP contribution in [-0.2, 0) is 6.42 Å². The SMILES string of the molecule is COc1ccc(Br)c(CC(O)C2CN(C)CCN2C)c1. The number of likely N-dealkylation sites (N-methyl/N-ethyl adjacent to an activating group) is 2. The first-order valence-corrected chi connectivity index (χ1v) is 7.70. The van der Waals surface area contributed by atoms with E-state index in [4.69, 9.17) is 4.74 Å². The second kappa shape index (κ2) is 6.89. The second-order valence-electron chi connectivity index (χ2n) is 5.54. The number of hydrogen-bond donors (Lipinski definition) is 1. The lowest BCUT2D eigenvalue weighted by molar-refractivity contribution is 0.0152. The van der Waals surface area contributed by atoms with Crippen LogP contribution in [-0.4, -0.2) is 67.9 Å². The summed E-state index contributed by atoms with van der Waals surface area (Å²) in [4.78, 5) is 4.52. The maximum Gasteiger partial charge on any atom is 0.119 e. The summed E-state index contributed by atoms with van der Waals surface area (Å²) >= 11 is 3.55. The van der Waals surface area contributed by atoms with Crippen molar-refractivity contribution in [2.45, 2.75) is 18.6 Å². The van der Waals surface area contributed by atoms with Crippen molar-refractivity contribution in [3.05, 3.63) is 28.2 Å². The summed E-state index contributed by atoms with van der Waals surface area (Å²) < 4.78 is 6.27. The number of hydrogen-bond acceptors (Lipinski definition) is 4. The third-order valence-electron chi connectivity index (χ3n) is 4.03. The largest absolute Gasteiger partial charge is 0.497 e. The molecule has 112 valence electrons. The van der Waals surface area contributed by atoms with Gasteiger partial charge in [-0.2, -0.15) is 0 Å². The Balaban J connectivity index is 2.08. The smallest absolute Gasteiger partial charge is 0.119 e. The van der Waals surface area contributed by atoms with Crippen LogP contribution in [0.25, 0.3) is 0 Å². The zero-order chi connectivity index (χ0) is 14.7. The molecule has 0 amide bonds. The minimum Gasteiger partial charge on any atom is -0.497 e. The fraction of sp³-hybridized carbons (Fsp3) is 0.600. The predicted molar refractivity (Wildman–Crippen MR) is 84.3 cm³/mol. The van der Waals surface area contributed by atoms with E-state index >= 15 is 0 Å². The van der Waals surface area contributed by atoms with E-state index in [9.17, 15) is 5.11 Å². The van der Waals surface area contributed by atoms with Crippen LogP contribution in [0.2, 0.25) is 0 Å². The molecule has 0 saturated carbocycles. The van der Waals surface area contributed by atoms with Gasteiger partial charge in [-0.05, 0) is 37.9 Å². The molecule has 1 aliphatic heterocycles. The Morgan fingerprint density at radius 1 is 1.40 bits per heavy atom. The Morgan fingerprint density at radius 3 is 2.85 bits per heavy atom. The Morgan fingerprint density at radius 2 is 2.15 bits per heavy atom. The first kappa shape index (κ1) is 15.8. The molecule has 2 rings (SSSR count). The van der Waals surface area contributed by atoms with Crippen LogP contribution >= 0.6 is 15.9 Å². The van der Waals surface area contributed by atoms with Gasteiger partial charge in [0.05, 0.1) is 13.2 Å². The van der Waals surface area contributed by atoms with Gasteiger partial charge in [0.25, 0.3) is 0 Å². The van der Waals surface area contributed by atoms with Crippen molar-refractivity contribution in [3.63, 3.8) is 0 Å². The van der Waals surface area contributed by atoms with Gasteiger partial charge in [0.2, 0.25) is 0 Å². The number of aliphatic hydroxyl groups is 1. The van der Waals surface area contributed by atoms with Gasteiger partial charge in [-0.3, -0.25) is 4.90 Å². The Kier molecular flexibility index (Phi) is 5.43. The summed E-state index contributed by atoms with van der Waals surface area (Å²) in [5.41, 5.74) is 1.08. The van der Waals surface area contributed by atoms with Gasteiger partial charge in [-0.15, -0.1) is 0 Å². The van der Waals surface area contributed by atoms with Crippen LogP contribution < -0.4 is 4.74 Å². The molecule has 0 radical (unpaired) electrons. The molecule has 5 heteroatoms. The van der Waals surface area contributed by atoms with Gasteiger partial charge < -0.3 is 14.7 Å². The molecule has 1 saturated heterocycles. The molecule has 4 nitrogen and oxygen atoms in total. The highest BCUT2D eigenvalue weighted by Gasteiger charge is 2.29. The van der Waals surface area contributed by atoms with Crippen LogP contribution in [0.15, 0.2) is 22.7 Å². The van der Waals surface area contributed by atoms with Crippen molar-refractivity contribution in [1.82, 2.24) is 9.80 Å². The normalized spacial score (nSPS) is 22.8. The highest BCUT2D eigenvalue weighted by atomic mass is 79.9. The van der Waals surface area contributed by atoms with Crippen LogP contribution in [0.1, 0.15) is 5.56 Å². The minimum atomic E-state index is -0.383. The summed E-state index contributed by atoms with van der Waals surface area (Å²) in [6.07, 6.45) is 0.242. The molecule has 1 aromatic rings. The van der Waals surface area contributed by atoms with Crippen molar-refractivity contribution in [1.29, 1.82) is 0 Å². The van der Waals surface area contributed by atoms with E-state index < -0.39 is 0 Å². The number of nitrogens with zero attached hydrogens (tertiary/aromatic N) is 2. The Bertz CT molecular complexity index is 455. The average molecular weight is 343 g/mol. The van der Waals surface area contributed by atoms with Crippen LogP contribution in [0.4, 0.5) is 0 Å². The van der Waals surface area contributed by atoms with Crippen molar-refractivity contribution in [2.24, 2.45) is 0 Å². The van der Waals surface area contributed by atoms with Crippen molar-refractivity contribution in [2.75, 3.05) is 40.8 Å². The van der Waals surface area contributed by atoms with Crippen molar-refractivity contribution < 1.29 is 9.84 Å². The van der Waals surface area contributed by atoms with Crippen LogP contribution in [0.3, 0.4) is 0 Å². The Labute approximate surface area is 129 Å². The van der Waals surface area contributed by atoms with E-state index in [1.165, 1.54) is 0 Å². The van der Waals surface area contributed by atoms with Gasteiger partial charge in [-0.25, -0.2) is 0 Å². The average Bonchev–Trinajstić information content (AvgIpc) is 2.43. The summed E-state index contributed by atoms with van der Waals surface area (Å²) in [6.45, 7) is 2.96. The maximum atomic E-state index is 10.6. The molecule has 1 aliphatic rings. The molecular weight excluding hydrogens is 320 g/mol. The molecule has 0 aromatic heterocycles. The zero-order valence-corrected chi connectivity index (χ0v) is 13.9. The molecule has 1 fully saturated rings. The van der Waals surface area contributed by atoms with E-state index in [1.54, 1.807) is 7.11 Å².